The molecular formula is C12H20IN3O2. The Kier molecular flexibility index (Phi) is 5.58. The highest BCUT2D eigenvalue weighted by Gasteiger charge is 2.32. The van der Waals surface area contributed by atoms with Crippen molar-refractivity contribution >= 4 is 28.6 Å². The highest BCUT2D eigenvalue weighted by Crippen LogP contribution is 2.15. The number of aromatic nitrogens is 2. The zero-order valence-electron chi connectivity index (χ0n) is 11.0. The van der Waals surface area contributed by atoms with Crippen molar-refractivity contribution < 1.29 is 9.90 Å². The van der Waals surface area contributed by atoms with Gasteiger partial charge in [0.2, 0.25) is 0 Å². The second-order valence-electron chi connectivity index (χ2n) is 4.96. The van der Waals surface area contributed by atoms with Crippen LogP contribution in [-0.2, 0) is 11.3 Å². The van der Waals surface area contributed by atoms with E-state index in [0.29, 0.717) is 6.42 Å². The first-order valence-electron chi connectivity index (χ1n) is 6.02. The topological polar surface area (TPSA) is 67.2 Å². The van der Waals surface area contributed by atoms with Crippen molar-refractivity contribution in [1.82, 2.24) is 15.1 Å². The summed E-state index contributed by atoms with van der Waals surface area (Å²) < 4.78 is 2.94. The number of rotatable bonds is 7. The first kappa shape index (κ1) is 15.4. The molecule has 0 saturated heterocycles. The van der Waals surface area contributed by atoms with Gasteiger partial charge in [-0.05, 0) is 56.2 Å². The molecule has 0 saturated carbocycles. The van der Waals surface area contributed by atoms with Gasteiger partial charge in [-0.2, -0.15) is 5.10 Å². The Balaban J connectivity index is 2.50. The number of aliphatic carboxylic acids is 1. The molecule has 0 spiro atoms. The van der Waals surface area contributed by atoms with Crippen LogP contribution >= 0.6 is 22.6 Å². The fraction of sp³-hybridized carbons (Fsp3) is 0.667. The van der Waals surface area contributed by atoms with E-state index in [0.717, 1.165) is 16.5 Å². The standard InChI is InChI=1S/C12H20IN3O2/c1-9(2)15-12(3,11(17)18)5-4-6-16-8-10(13)7-14-16/h7-9,15H,4-6H2,1-3H3,(H,17,18). The van der Waals surface area contributed by atoms with Crippen LogP contribution in [0.5, 0.6) is 0 Å². The number of halogens is 1. The summed E-state index contributed by atoms with van der Waals surface area (Å²) >= 11 is 2.21. The lowest BCUT2D eigenvalue weighted by molar-refractivity contribution is -0.144. The number of hydrogen-bond donors (Lipinski definition) is 2. The number of aryl methyl sites for hydroxylation is 1. The van der Waals surface area contributed by atoms with Crippen molar-refractivity contribution in [1.29, 1.82) is 0 Å². The molecule has 102 valence electrons. The Morgan fingerprint density at radius 1 is 1.67 bits per heavy atom. The van der Waals surface area contributed by atoms with E-state index in [-0.39, 0.29) is 6.04 Å². The van der Waals surface area contributed by atoms with Gasteiger partial charge in [0.05, 0.1) is 9.77 Å². The molecule has 18 heavy (non-hydrogen) atoms. The molecule has 1 rings (SSSR count). The maximum absolute atomic E-state index is 11.3. The first-order chi connectivity index (χ1) is 8.33. The molecular weight excluding hydrogens is 345 g/mol. The Morgan fingerprint density at radius 2 is 2.33 bits per heavy atom. The molecule has 0 bridgehead atoms. The van der Waals surface area contributed by atoms with Gasteiger partial charge in [0.15, 0.2) is 0 Å². The molecule has 2 N–H and O–H groups in total. The van der Waals surface area contributed by atoms with Crippen LogP contribution in [0.2, 0.25) is 0 Å². The summed E-state index contributed by atoms with van der Waals surface area (Å²) in [6.07, 6.45) is 5.11. The van der Waals surface area contributed by atoms with Crippen LogP contribution in [0.1, 0.15) is 33.6 Å². The summed E-state index contributed by atoms with van der Waals surface area (Å²) in [5.74, 6) is -0.800. The van der Waals surface area contributed by atoms with E-state index in [1.54, 1.807) is 13.1 Å². The second kappa shape index (κ2) is 6.51. The van der Waals surface area contributed by atoms with Gasteiger partial charge in [0, 0.05) is 18.8 Å². The minimum atomic E-state index is -0.867. The van der Waals surface area contributed by atoms with E-state index in [9.17, 15) is 9.90 Å². The van der Waals surface area contributed by atoms with Gasteiger partial charge in [0.25, 0.3) is 0 Å². The second-order valence-corrected chi connectivity index (χ2v) is 6.21. The van der Waals surface area contributed by atoms with Crippen molar-refractivity contribution in [3.63, 3.8) is 0 Å². The predicted octanol–water partition coefficient (Wildman–Crippen LogP) is 2.11. The largest absolute Gasteiger partial charge is 0.480 e. The third kappa shape index (κ3) is 4.56. The molecule has 0 radical (unpaired) electrons. The van der Waals surface area contributed by atoms with E-state index >= 15 is 0 Å². The fourth-order valence-corrected chi connectivity index (χ4v) is 2.38. The lowest BCUT2D eigenvalue weighted by Gasteiger charge is -2.28. The predicted molar refractivity (Wildman–Crippen MR) is 78.5 cm³/mol. The summed E-state index contributed by atoms with van der Waals surface area (Å²) in [6.45, 7) is 6.39. The fourth-order valence-electron chi connectivity index (χ4n) is 1.93. The smallest absolute Gasteiger partial charge is 0.323 e. The normalized spacial score (nSPS) is 14.7. The van der Waals surface area contributed by atoms with Crippen molar-refractivity contribution in [2.75, 3.05) is 0 Å². The number of hydrogen-bond acceptors (Lipinski definition) is 3. The van der Waals surface area contributed by atoms with Gasteiger partial charge in [-0.3, -0.25) is 14.8 Å². The van der Waals surface area contributed by atoms with Gasteiger partial charge >= 0.3 is 5.97 Å². The molecule has 1 aromatic rings. The monoisotopic (exact) mass is 365 g/mol. The molecule has 0 aromatic carbocycles. The number of carboxylic acid groups (broad SMARTS) is 1. The number of carboxylic acids is 1. The summed E-state index contributed by atoms with van der Waals surface area (Å²) in [7, 11) is 0. The average Bonchev–Trinajstić information content (AvgIpc) is 2.63. The Labute approximate surface area is 121 Å². The highest BCUT2D eigenvalue weighted by atomic mass is 127. The maximum atomic E-state index is 11.3. The number of carbonyl (C=O) groups is 1. The SMILES string of the molecule is CC(C)NC(C)(CCCn1cc(I)cn1)C(=O)O. The molecule has 5 nitrogen and oxygen atoms in total. The van der Waals surface area contributed by atoms with Gasteiger partial charge < -0.3 is 5.11 Å². The van der Waals surface area contributed by atoms with E-state index in [1.807, 2.05) is 24.7 Å². The van der Waals surface area contributed by atoms with Crippen molar-refractivity contribution in [3.8, 4) is 0 Å². The van der Waals surface area contributed by atoms with Crippen molar-refractivity contribution in [2.45, 2.75) is 51.7 Å². The molecule has 0 fully saturated rings. The molecule has 0 aliphatic heterocycles. The minimum absolute atomic E-state index is 0.150. The summed E-state index contributed by atoms with van der Waals surface area (Å²) in [5.41, 5.74) is -0.867. The first-order valence-corrected chi connectivity index (χ1v) is 7.10. The van der Waals surface area contributed by atoms with E-state index in [1.165, 1.54) is 0 Å². The van der Waals surface area contributed by atoms with Crippen molar-refractivity contribution in [3.05, 3.63) is 16.0 Å². The lowest BCUT2D eigenvalue weighted by Crippen LogP contribution is -2.52. The minimum Gasteiger partial charge on any atom is -0.480 e. The molecule has 6 heteroatoms. The molecule has 0 amide bonds. The molecule has 1 unspecified atom stereocenters. The number of nitrogens with one attached hydrogen (secondary N) is 1. The van der Waals surface area contributed by atoms with Crippen LogP contribution in [-0.4, -0.2) is 32.4 Å². The van der Waals surface area contributed by atoms with Gasteiger partial charge in [0.1, 0.15) is 5.54 Å². The zero-order chi connectivity index (χ0) is 13.8. The van der Waals surface area contributed by atoms with Crippen LogP contribution in [0.25, 0.3) is 0 Å². The average molecular weight is 365 g/mol. The molecule has 1 atom stereocenters. The van der Waals surface area contributed by atoms with Gasteiger partial charge in [-0.25, -0.2) is 0 Å². The Hall–Kier alpha value is -0.630. The molecule has 0 aliphatic carbocycles. The Bertz CT molecular complexity index is 406. The van der Waals surface area contributed by atoms with Crippen molar-refractivity contribution in [2.24, 2.45) is 0 Å². The number of nitrogens with zero attached hydrogens (tertiary/aromatic N) is 2. The summed E-state index contributed by atoms with van der Waals surface area (Å²) in [4.78, 5) is 11.3. The van der Waals surface area contributed by atoms with Crippen LogP contribution in [0.4, 0.5) is 0 Å². The van der Waals surface area contributed by atoms with Crippen LogP contribution < -0.4 is 5.32 Å². The van der Waals surface area contributed by atoms with Crippen LogP contribution in [0, 0.1) is 3.57 Å². The summed E-state index contributed by atoms with van der Waals surface area (Å²) in [5, 5.41) is 16.6. The van der Waals surface area contributed by atoms with Crippen LogP contribution in [0.15, 0.2) is 12.4 Å². The summed E-state index contributed by atoms with van der Waals surface area (Å²) in [6, 6.07) is 0.150. The molecule has 0 aliphatic rings. The third-order valence-electron chi connectivity index (χ3n) is 2.74. The lowest BCUT2D eigenvalue weighted by atomic mass is 9.95. The zero-order valence-corrected chi connectivity index (χ0v) is 13.1. The molecule has 1 heterocycles. The molecule has 1 aromatic heterocycles. The maximum Gasteiger partial charge on any atom is 0.323 e. The quantitative estimate of drug-likeness (QED) is 0.727. The third-order valence-corrected chi connectivity index (χ3v) is 3.30. The van der Waals surface area contributed by atoms with E-state index in [4.69, 9.17) is 0 Å². The van der Waals surface area contributed by atoms with Gasteiger partial charge in [-0.1, -0.05) is 0 Å². The van der Waals surface area contributed by atoms with E-state index in [2.05, 4.69) is 33.0 Å². The Morgan fingerprint density at radius 3 is 2.78 bits per heavy atom. The highest BCUT2D eigenvalue weighted by molar-refractivity contribution is 14.1. The van der Waals surface area contributed by atoms with E-state index < -0.39 is 11.5 Å². The van der Waals surface area contributed by atoms with Gasteiger partial charge in [-0.15, -0.1) is 0 Å². The van der Waals surface area contributed by atoms with Crippen LogP contribution in [0.3, 0.4) is 0 Å².